The van der Waals surface area contributed by atoms with Gasteiger partial charge in [-0.05, 0) is 41.5 Å². The SMILES string of the molecule is COc1ccccc1-c1cccc(C(=O)NC(CN)c2cccc(O)c2)c1.Cl. The maximum absolute atomic E-state index is 12.7. The molecule has 3 aromatic rings. The Balaban J connectivity index is 0.00000280. The van der Waals surface area contributed by atoms with Gasteiger partial charge in [0, 0.05) is 17.7 Å². The predicted octanol–water partition coefficient (Wildman–Crippen LogP) is 3.92. The Hall–Kier alpha value is -3.02. The number of phenols is 1. The molecule has 1 amide bonds. The minimum Gasteiger partial charge on any atom is -0.508 e. The second-order valence-corrected chi connectivity index (χ2v) is 6.14. The summed E-state index contributed by atoms with van der Waals surface area (Å²) >= 11 is 0. The van der Waals surface area contributed by atoms with Crippen LogP contribution in [0.3, 0.4) is 0 Å². The van der Waals surface area contributed by atoms with Gasteiger partial charge < -0.3 is 20.9 Å². The second-order valence-electron chi connectivity index (χ2n) is 6.14. The molecule has 1 atom stereocenters. The number of nitrogens with two attached hydrogens (primary N) is 1. The van der Waals surface area contributed by atoms with E-state index in [1.807, 2.05) is 48.5 Å². The molecule has 0 radical (unpaired) electrons. The van der Waals surface area contributed by atoms with Gasteiger partial charge in [-0.1, -0.05) is 42.5 Å². The fourth-order valence-electron chi connectivity index (χ4n) is 2.97. The zero-order chi connectivity index (χ0) is 19.2. The Morgan fingerprint density at radius 1 is 1.07 bits per heavy atom. The first-order valence-corrected chi connectivity index (χ1v) is 8.65. The number of ether oxygens (including phenoxy) is 1. The first-order valence-electron chi connectivity index (χ1n) is 8.65. The highest BCUT2D eigenvalue weighted by atomic mass is 35.5. The predicted molar refractivity (Wildman–Crippen MR) is 113 cm³/mol. The van der Waals surface area contributed by atoms with Crippen LogP contribution in [0.2, 0.25) is 0 Å². The minimum atomic E-state index is -0.389. The van der Waals surface area contributed by atoms with Gasteiger partial charge in [0.15, 0.2) is 0 Å². The van der Waals surface area contributed by atoms with Gasteiger partial charge in [-0.2, -0.15) is 0 Å². The van der Waals surface area contributed by atoms with Crippen molar-refractivity contribution < 1.29 is 14.6 Å². The van der Waals surface area contributed by atoms with Crippen LogP contribution in [0, 0.1) is 0 Å². The van der Waals surface area contributed by atoms with Crippen LogP contribution in [0.1, 0.15) is 22.0 Å². The lowest BCUT2D eigenvalue weighted by Crippen LogP contribution is -2.33. The van der Waals surface area contributed by atoms with E-state index in [0.717, 1.165) is 22.4 Å². The number of hydrogen-bond donors (Lipinski definition) is 3. The summed E-state index contributed by atoms with van der Waals surface area (Å²) in [7, 11) is 1.62. The van der Waals surface area contributed by atoms with Crippen LogP contribution in [0.4, 0.5) is 0 Å². The number of hydrogen-bond acceptors (Lipinski definition) is 4. The minimum absolute atomic E-state index is 0. The maximum Gasteiger partial charge on any atom is 0.251 e. The highest BCUT2D eigenvalue weighted by molar-refractivity contribution is 5.96. The molecule has 4 N–H and O–H groups in total. The number of halogens is 1. The molecule has 3 rings (SSSR count). The van der Waals surface area contributed by atoms with Gasteiger partial charge in [0.1, 0.15) is 11.5 Å². The van der Waals surface area contributed by atoms with Crippen molar-refractivity contribution in [2.75, 3.05) is 13.7 Å². The molecule has 3 aromatic carbocycles. The van der Waals surface area contributed by atoms with Crippen LogP contribution in [0.5, 0.6) is 11.5 Å². The monoisotopic (exact) mass is 398 g/mol. The number of rotatable bonds is 6. The van der Waals surface area contributed by atoms with Crippen LogP contribution < -0.4 is 15.8 Å². The number of carbonyl (C=O) groups is 1. The van der Waals surface area contributed by atoms with E-state index in [0.29, 0.717) is 5.56 Å². The van der Waals surface area contributed by atoms with Gasteiger partial charge in [0.25, 0.3) is 5.91 Å². The van der Waals surface area contributed by atoms with E-state index in [-0.39, 0.29) is 36.7 Å². The Kier molecular flexibility index (Phi) is 7.44. The Morgan fingerprint density at radius 3 is 2.54 bits per heavy atom. The summed E-state index contributed by atoms with van der Waals surface area (Å²) in [6, 6.07) is 21.3. The third-order valence-corrected chi connectivity index (χ3v) is 4.36. The van der Waals surface area contributed by atoms with Crippen molar-refractivity contribution in [3.05, 3.63) is 83.9 Å². The fraction of sp³-hybridized carbons (Fsp3) is 0.136. The summed E-state index contributed by atoms with van der Waals surface area (Å²) in [5, 5.41) is 12.6. The van der Waals surface area contributed by atoms with Gasteiger partial charge in [-0.3, -0.25) is 4.79 Å². The van der Waals surface area contributed by atoms with Crippen LogP contribution in [-0.2, 0) is 0 Å². The quantitative estimate of drug-likeness (QED) is 0.587. The summed E-state index contributed by atoms with van der Waals surface area (Å²) in [6.07, 6.45) is 0. The van der Waals surface area contributed by atoms with Crippen molar-refractivity contribution in [1.29, 1.82) is 0 Å². The smallest absolute Gasteiger partial charge is 0.251 e. The van der Waals surface area contributed by atoms with Gasteiger partial charge in [-0.15, -0.1) is 12.4 Å². The molecule has 0 aliphatic heterocycles. The zero-order valence-corrected chi connectivity index (χ0v) is 16.3. The molecule has 0 heterocycles. The average molecular weight is 399 g/mol. The van der Waals surface area contributed by atoms with Crippen LogP contribution in [0.15, 0.2) is 72.8 Å². The largest absolute Gasteiger partial charge is 0.508 e. The third kappa shape index (κ3) is 4.82. The van der Waals surface area contributed by atoms with Crippen molar-refractivity contribution in [3.63, 3.8) is 0 Å². The van der Waals surface area contributed by atoms with Gasteiger partial charge in [0.2, 0.25) is 0 Å². The summed E-state index contributed by atoms with van der Waals surface area (Å²) in [5.41, 5.74) is 8.91. The van der Waals surface area contributed by atoms with Gasteiger partial charge >= 0.3 is 0 Å². The second kappa shape index (κ2) is 9.78. The lowest BCUT2D eigenvalue weighted by atomic mass is 10.0. The number of nitrogens with one attached hydrogen (secondary N) is 1. The lowest BCUT2D eigenvalue weighted by Gasteiger charge is -2.18. The third-order valence-electron chi connectivity index (χ3n) is 4.36. The molecule has 28 heavy (non-hydrogen) atoms. The molecule has 0 saturated heterocycles. The summed E-state index contributed by atoms with van der Waals surface area (Å²) < 4.78 is 5.41. The highest BCUT2D eigenvalue weighted by Crippen LogP contribution is 2.30. The van der Waals surface area contributed by atoms with E-state index in [2.05, 4.69) is 5.32 Å². The van der Waals surface area contributed by atoms with E-state index in [9.17, 15) is 9.90 Å². The van der Waals surface area contributed by atoms with Crippen LogP contribution in [0.25, 0.3) is 11.1 Å². The Morgan fingerprint density at radius 2 is 1.82 bits per heavy atom. The number of amides is 1. The first-order chi connectivity index (χ1) is 13.1. The number of benzene rings is 3. The Bertz CT molecular complexity index is 946. The number of aromatic hydroxyl groups is 1. The summed E-state index contributed by atoms with van der Waals surface area (Å²) in [5.74, 6) is 0.651. The van der Waals surface area contributed by atoms with Crippen molar-refractivity contribution in [2.24, 2.45) is 5.73 Å². The molecule has 1 unspecified atom stereocenters. The number of para-hydroxylation sites is 1. The Labute approximate surface area is 170 Å². The lowest BCUT2D eigenvalue weighted by molar-refractivity contribution is 0.0937. The molecule has 5 nitrogen and oxygen atoms in total. The van der Waals surface area contributed by atoms with E-state index in [1.54, 1.807) is 31.4 Å². The molecular formula is C22H23ClN2O3. The first kappa shape index (κ1) is 21.3. The van der Waals surface area contributed by atoms with E-state index >= 15 is 0 Å². The van der Waals surface area contributed by atoms with Crippen molar-refractivity contribution >= 4 is 18.3 Å². The zero-order valence-electron chi connectivity index (χ0n) is 15.5. The summed E-state index contributed by atoms with van der Waals surface area (Å²) in [4.78, 5) is 12.7. The standard InChI is InChI=1S/C22H22N2O3.ClH/c1-27-21-11-3-2-10-19(21)15-6-4-8-17(12-15)22(26)24-20(14-23)16-7-5-9-18(25)13-16;/h2-13,20,25H,14,23H2,1H3,(H,24,26);1H. The normalized spacial score (nSPS) is 11.2. The van der Waals surface area contributed by atoms with Crippen LogP contribution in [-0.4, -0.2) is 24.7 Å². The average Bonchev–Trinajstić information content (AvgIpc) is 2.71. The number of methoxy groups -OCH3 is 1. The molecule has 0 aliphatic carbocycles. The van der Waals surface area contributed by atoms with Gasteiger partial charge in [-0.25, -0.2) is 0 Å². The van der Waals surface area contributed by atoms with Gasteiger partial charge in [0.05, 0.1) is 13.2 Å². The molecule has 146 valence electrons. The summed E-state index contributed by atoms with van der Waals surface area (Å²) in [6.45, 7) is 0.224. The molecule has 0 bridgehead atoms. The van der Waals surface area contributed by atoms with Crippen molar-refractivity contribution in [1.82, 2.24) is 5.32 Å². The van der Waals surface area contributed by atoms with E-state index in [1.165, 1.54) is 0 Å². The molecule has 6 heteroatoms. The topological polar surface area (TPSA) is 84.6 Å². The number of carbonyl (C=O) groups excluding carboxylic acids is 1. The van der Waals surface area contributed by atoms with Crippen LogP contribution >= 0.6 is 12.4 Å². The molecule has 0 saturated carbocycles. The molecule has 0 aliphatic rings. The molecule has 0 fully saturated rings. The molecular weight excluding hydrogens is 376 g/mol. The van der Waals surface area contributed by atoms with E-state index < -0.39 is 0 Å². The highest BCUT2D eigenvalue weighted by Gasteiger charge is 2.16. The van der Waals surface area contributed by atoms with Crippen molar-refractivity contribution in [2.45, 2.75) is 6.04 Å². The number of phenolic OH excluding ortho intramolecular Hbond substituents is 1. The molecule has 0 spiro atoms. The van der Waals surface area contributed by atoms with E-state index in [4.69, 9.17) is 10.5 Å². The maximum atomic E-state index is 12.7. The molecule has 0 aromatic heterocycles. The fourth-order valence-corrected chi connectivity index (χ4v) is 2.97. The van der Waals surface area contributed by atoms with Crippen molar-refractivity contribution in [3.8, 4) is 22.6 Å².